The summed E-state index contributed by atoms with van der Waals surface area (Å²) in [5.74, 6) is 0.539. The number of hydrogen-bond donors (Lipinski definition) is 0. The molecule has 0 spiro atoms. The first-order chi connectivity index (χ1) is 10.9. The molecule has 24 heavy (non-hydrogen) atoms. The van der Waals surface area contributed by atoms with Crippen LogP contribution in [0.2, 0.25) is 19.6 Å². The van der Waals surface area contributed by atoms with E-state index in [0.717, 1.165) is 18.0 Å². The van der Waals surface area contributed by atoms with Crippen molar-refractivity contribution < 1.29 is 24.5 Å². The predicted octanol–water partition coefficient (Wildman–Crippen LogP) is 4.96. The summed E-state index contributed by atoms with van der Waals surface area (Å²) in [6.45, 7) is 7.07. The van der Waals surface area contributed by atoms with E-state index in [-0.39, 0.29) is 25.9 Å². The van der Waals surface area contributed by atoms with E-state index in [1.807, 2.05) is 6.20 Å². The third-order valence-electron chi connectivity index (χ3n) is 4.84. The third-order valence-corrected chi connectivity index (χ3v) is 6.91. The van der Waals surface area contributed by atoms with Gasteiger partial charge in [-0.2, -0.15) is 0 Å². The van der Waals surface area contributed by atoms with Gasteiger partial charge in [0.2, 0.25) is 0 Å². The van der Waals surface area contributed by atoms with Crippen LogP contribution in [0.4, 0.5) is 4.39 Å². The van der Waals surface area contributed by atoms with Gasteiger partial charge in [-0.15, -0.1) is 24.3 Å². The molecule has 1 aromatic heterocycles. The molecule has 0 saturated heterocycles. The molecule has 0 amide bonds. The Morgan fingerprint density at radius 2 is 1.96 bits per heavy atom. The van der Waals surface area contributed by atoms with Gasteiger partial charge in [0.15, 0.2) is 0 Å². The van der Waals surface area contributed by atoms with Gasteiger partial charge in [-0.1, -0.05) is 62.5 Å². The van der Waals surface area contributed by atoms with Gasteiger partial charge in [0.1, 0.15) is 0 Å². The summed E-state index contributed by atoms with van der Waals surface area (Å²) in [6.07, 6.45) is 8.48. The second-order valence-corrected chi connectivity index (χ2v) is 12.8. The van der Waals surface area contributed by atoms with Crippen LogP contribution in [-0.4, -0.2) is 13.1 Å². The molecule has 0 unspecified atom stereocenters. The maximum atomic E-state index is 14.1. The van der Waals surface area contributed by atoms with Gasteiger partial charge in [-0.3, -0.25) is 4.39 Å². The number of aromatic nitrogens is 1. The number of rotatable bonds is 4. The van der Waals surface area contributed by atoms with Gasteiger partial charge in [0, 0.05) is 32.1 Å². The molecule has 1 nitrogen and oxygen atoms in total. The quantitative estimate of drug-likeness (QED) is 0.412. The Morgan fingerprint density at radius 1 is 1.25 bits per heavy atom. The Balaban J connectivity index is 0.00000208. The molecular weight excluding hydrogens is 494 g/mol. The third kappa shape index (κ3) is 4.41. The molecule has 2 aromatic rings. The van der Waals surface area contributed by atoms with Gasteiger partial charge < -0.3 is 4.98 Å². The first-order valence-electron chi connectivity index (χ1n) is 8.61. The molecule has 1 saturated carbocycles. The molecule has 0 bridgehead atoms. The van der Waals surface area contributed by atoms with Gasteiger partial charge in [-0.25, -0.2) is 0 Å². The largest absolute Gasteiger partial charge is 0.305 e. The summed E-state index contributed by atoms with van der Waals surface area (Å²) >= 11 is 0. The van der Waals surface area contributed by atoms with E-state index < -0.39 is 8.07 Å². The van der Waals surface area contributed by atoms with Gasteiger partial charge in [0.25, 0.3) is 0 Å². The minimum atomic E-state index is -1.45. The Labute approximate surface area is 159 Å². The molecule has 4 heteroatoms. The van der Waals surface area contributed by atoms with Crippen LogP contribution >= 0.6 is 0 Å². The molecular formula is C20H25FIrNSi-. The van der Waals surface area contributed by atoms with E-state index in [1.165, 1.54) is 42.5 Å². The predicted molar refractivity (Wildman–Crippen MR) is 97.1 cm³/mol. The minimum absolute atomic E-state index is 0. The molecule has 1 aromatic carbocycles. The van der Waals surface area contributed by atoms with Crippen molar-refractivity contribution in [3.63, 3.8) is 0 Å². The second-order valence-electron chi connectivity index (χ2n) is 7.72. The summed E-state index contributed by atoms with van der Waals surface area (Å²) < 4.78 is 14.1. The number of nitrogens with zero attached hydrogens (tertiary/aromatic N) is 1. The van der Waals surface area contributed by atoms with Crippen molar-refractivity contribution in [1.29, 1.82) is 0 Å². The summed E-state index contributed by atoms with van der Waals surface area (Å²) in [7, 11) is -1.45. The first kappa shape index (κ1) is 19.5. The SMILES string of the molecule is C[Si](C)(C)c1cnc(-c2[c-]cccc2F)cc1CC1CCCC1.[Ir]. The molecule has 1 aliphatic carbocycles. The minimum Gasteiger partial charge on any atom is -0.305 e. The summed E-state index contributed by atoms with van der Waals surface area (Å²) in [5.41, 5.74) is 2.60. The molecule has 0 atom stereocenters. The summed E-state index contributed by atoms with van der Waals surface area (Å²) in [4.78, 5) is 4.57. The molecule has 0 N–H and O–H groups in total. The first-order valence-corrected chi connectivity index (χ1v) is 12.1. The van der Waals surface area contributed by atoms with Crippen LogP contribution in [-0.2, 0) is 26.5 Å². The van der Waals surface area contributed by atoms with Crippen molar-refractivity contribution in [2.75, 3.05) is 0 Å². The standard InChI is InChI=1S/C20H25FNSi.Ir/c1-23(2,3)20-14-22-19(17-10-6-7-11-18(17)21)13-16(20)12-15-8-4-5-9-15;/h6-7,11,13-15H,4-5,8-9,12H2,1-3H3;/q-1;. The Kier molecular flexibility index (Phi) is 6.52. The summed E-state index contributed by atoms with van der Waals surface area (Å²) in [5, 5.41) is 1.42. The molecule has 1 fully saturated rings. The van der Waals surface area contributed by atoms with Crippen LogP contribution < -0.4 is 5.19 Å². The molecule has 3 rings (SSSR count). The fraction of sp³-hybridized carbons (Fsp3) is 0.450. The smallest absolute Gasteiger partial charge is 0.0798 e. The average molecular weight is 519 g/mol. The topological polar surface area (TPSA) is 12.9 Å². The van der Waals surface area contributed by atoms with Crippen molar-refractivity contribution >= 4 is 13.3 Å². The van der Waals surface area contributed by atoms with Crippen LogP contribution in [0.5, 0.6) is 0 Å². The number of halogens is 1. The zero-order chi connectivity index (χ0) is 16.4. The fourth-order valence-electron chi connectivity index (χ4n) is 3.62. The molecule has 1 heterocycles. The van der Waals surface area contributed by atoms with Crippen LogP contribution in [0.1, 0.15) is 31.2 Å². The molecule has 131 valence electrons. The Morgan fingerprint density at radius 3 is 2.58 bits per heavy atom. The van der Waals surface area contributed by atoms with Crippen molar-refractivity contribution in [3.05, 3.63) is 47.9 Å². The van der Waals surface area contributed by atoms with Crippen molar-refractivity contribution in [3.8, 4) is 11.3 Å². The van der Waals surface area contributed by atoms with Crippen LogP contribution in [0.3, 0.4) is 0 Å². The summed E-state index contributed by atoms with van der Waals surface area (Å²) in [6, 6.07) is 10.0. The zero-order valence-corrected chi connectivity index (χ0v) is 18.1. The molecule has 1 aliphatic rings. The second kappa shape index (κ2) is 8.03. The van der Waals surface area contributed by atoms with Crippen LogP contribution in [0.25, 0.3) is 11.3 Å². The van der Waals surface area contributed by atoms with Crippen molar-refractivity contribution in [1.82, 2.24) is 4.98 Å². The maximum Gasteiger partial charge on any atom is 0.0798 e. The van der Waals surface area contributed by atoms with E-state index in [4.69, 9.17) is 0 Å². The fourth-order valence-corrected chi connectivity index (χ4v) is 5.21. The number of pyridine rings is 1. The average Bonchev–Trinajstić information content (AvgIpc) is 2.99. The molecule has 0 aliphatic heterocycles. The number of benzene rings is 1. The van der Waals surface area contributed by atoms with Gasteiger partial charge in [-0.05, 0) is 23.2 Å². The van der Waals surface area contributed by atoms with E-state index in [0.29, 0.717) is 5.56 Å². The molecule has 1 radical (unpaired) electrons. The van der Waals surface area contributed by atoms with E-state index in [9.17, 15) is 4.39 Å². The van der Waals surface area contributed by atoms with Crippen molar-refractivity contribution in [2.45, 2.75) is 51.7 Å². The number of hydrogen-bond acceptors (Lipinski definition) is 1. The maximum absolute atomic E-state index is 14.1. The van der Waals surface area contributed by atoms with Crippen LogP contribution in [0, 0.1) is 17.8 Å². The normalized spacial score (nSPS) is 15.3. The zero-order valence-electron chi connectivity index (χ0n) is 14.7. The van der Waals surface area contributed by atoms with E-state index in [2.05, 4.69) is 36.8 Å². The van der Waals surface area contributed by atoms with E-state index >= 15 is 0 Å². The van der Waals surface area contributed by atoms with Crippen molar-refractivity contribution in [2.24, 2.45) is 5.92 Å². The Hall–Kier alpha value is -0.834. The van der Waals surface area contributed by atoms with Gasteiger partial charge >= 0.3 is 0 Å². The monoisotopic (exact) mass is 519 g/mol. The van der Waals surface area contributed by atoms with E-state index in [1.54, 1.807) is 12.1 Å². The van der Waals surface area contributed by atoms with Crippen LogP contribution in [0.15, 0.2) is 30.5 Å². The van der Waals surface area contributed by atoms with Gasteiger partial charge in [0.05, 0.1) is 8.07 Å². The Bertz CT molecular complexity index is 690.